The second-order valence-corrected chi connectivity index (χ2v) is 8.31. The van der Waals surface area contributed by atoms with Gasteiger partial charge in [-0.1, -0.05) is 54.6 Å². The minimum atomic E-state index is 0.0120. The molecule has 1 amide bonds. The van der Waals surface area contributed by atoms with Crippen LogP contribution in [0, 0.1) is 11.3 Å². The zero-order valence-corrected chi connectivity index (χ0v) is 17.7. The highest BCUT2D eigenvalue weighted by atomic mass is 16.2. The van der Waals surface area contributed by atoms with Crippen LogP contribution >= 0.6 is 0 Å². The molecule has 32 heavy (non-hydrogen) atoms. The highest BCUT2D eigenvalue weighted by Crippen LogP contribution is 2.35. The Morgan fingerprint density at radius 2 is 1.62 bits per heavy atom. The summed E-state index contributed by atoms with van der Waals surface area (Å²) in [7, 11) is 0. The van der Waals surface area contributed by atoms with E-state index in [9.17, 15) is 10.1 Å². The third kappa shape index (κ3) is 3.75. The van der Waals surface area contributed by atoms with E-state index >= 15 is 0 Å². The fraction of sp³-hybridized carbons (Fsp3) is 0.143. The maximum Gasteiger partial charge on any atom is 0.253 e. The standard InChI is InChI=1S/C28H23N3O/c29-17-19-5-7-21(8-6-19)27-16-24(28(32)31-14-13-25(30)18-31)11-12-26(27)23-10-9-20-3-1-2-4-22(20)15-23/h1-12,15-16,25H,13-14,18,30H2/t25-/m0/s1. The molecule has 1 saturated heterocycles. The summed E-state index contributed by atoms with van der Waals surface area (Å²) in [5.74, 6) is 0.0120. The molecule has 5 rings (SSSR count). The lowest BCUT2D eigenvalue weighted by molar-refractivity contribution is 0.0791. The second-order valence-electron chi connectivity index (χ2n) is 8.31. The van der Waals surface area contributed by atoms with Gasteiger partial charge < -0.3 is 10.6 Å². The fourth-order valence-electron chi connectivity index (χ4n) is 4.40. The maximum absolute atomic E-state index is 13.1. The van der Waals surface area contributed by atoms with Crippen molar-refractivity contribution in [3.8, 4) is 28.3 Å². The Bertz CT molecular complexity index is 1350. The van der Waals surface area contributed by atoms with Gasteiger partial charge in [0.2, 0.25) is 0 Å². The van der Waals surface area contributed by atoms with Crippen molar-refractivity contribution in [2.75, 3.05) is 13.1 Å². The van der Waals surface area contributed by atoms with Gasteiger partial charge in [0.25, 0.3) is 5.91 Å². The van der Waals surface area contributed by atoms with Crippen LogP contribution in [-0.2, 0) is 0 Å². The lowest BCUT2D eigenvalue weighted by atomic mass is 9.91. The van der Waals surface area contributed by atoms with Gasteiger partial charge in [-0.25, -0.2) is 0 Å². The Morgan fingerprint density at radius 3 is 2.34 bits per heavy atom. The number of hydrogen-bond acceptors (Lipinski definition) is 3. The first-order valence-electron chi connectivity index (χ1n) is 10.8. The smallest absolute Gasteiger partial charge is 0.253 e. The fourth-order valence-corrected chi connectivity index (χ4v) is 4.40. The normalized spacial score (nSPS) is 15.6. The molecule has 4 nitrogen and oxygen atoms in total. The van der Waals surface area contributed by atoms with Crippen molar-refractivity contribution in [2.24, 2.45) is 5.73 Å². The molecule has 4 aromatic rings. The minimum Gasteiger partial charge on any atom is -0.337 e. The topological polar surface area (TPSA) is 70.1 Å². The number of rotatable bonds is 3. The molecule has 1 atom stereocenters. The number of hydrogen-bond donors (Lipinski definition) is 1. The zero-order chi connectivity index (χ0) is 22.1. The summed E-state index contributed by atoms with van der Waals surface area (Å²) in [6.07, 6.45) is 0.837. The average Bonchev–Trinajstić information content (AvgIpc) is 3.29. The first-order chi connectivity index (χ1) is 15.6. The molecule has 4 aromatic carbocycles. The van der Waals surface area contributed by atoms with Gasteiger partial charge in [0.1, 0.15) is 0 Å². The van der Waals surface area contributed by atoms with E-state index in [2.05, 4.69) is 36.4 Å². The quantitative estimate of drug-likeness (QED) is 0.497. The van der Waals surface area contributed by atoms with Crippen molar-refractivity contribution in [2.45, 2.75) is 12.5 Å². The average molecular weight is 418 g/mol. The SMILES string of the molecule is N#Cc1ccc(-c2cc(C(=O)N3CC[C@H](N)C3)ccc2-c2ccc3ccccc3c2)cc1. The molecule has 0 radical (unpaired) electrons. The Hall–Kier alpha value is -3.94. The number of likely N-dealkylation sites (tertiary alicyclic amines) is 1. The van der Waals surface area contributed by atoms with Crippen molar-refractivity contribution in [1.29, 1.82) is 5.26 Å². The van der Waals surface area contributed by atoms with Crippen LogP contribution in [0.5, 0.6) is 0 Å². The third-order valence-electron chi connectivity index (χ3n) is 6.16. The van der Waals surface area contributed by atoms with Crippen LogP contribution in [0.3, 0.4) is 0 Å². The molecule has 0 saturated carbocycles. The predicted molar refractivity (Wildman–Crippen MR) is 128 cm³/mol. The van der Waals surface area contributed by atoms with Crippen molar-refractivity contribution >= 4 is 16.7 Å². The van der Waals surface area contributed by atoms with Gasteiger partial charge in [-0.05, 0) is 69.8 Å². The van der Waals surface area contributed by atoms with E-state index in [1.165, 1.54) is 10.8 Å². The van der Waals surface area contributed by atoms with E-state index in [0.717, 1.165) is 28.7 Å². The first-order valence-corrected chi connectivity index (χ1v) is 10.8. The summed E-state index contributed by atoms with van der Waals surface area (Å²) in [4.78, 5) is 15.0. The Labute approximate surface area is 187 Å². The first kappa shape index (κ1) is 20.0. The summed E-state index contributed by atoms with van der Waals surface area (Å²) in [5, 5.41) is 11.5. The van der Waals surface area contributed by atoms with Crippen LogP contribution in [0.25, 0.3) is 33.0 Å². The lowest BCUT2D eigenvalue weighted by Gasteiger charge is -2.18. The van der Waals surface area contributed by atoms with Gasteiger partial charge in [-0.2, -0.15) is 5.26 Å². The largest absolute Gasteiger partial charge is 0.337 e. The van der Waals surface area contributed by atoms with Crippen LogP contribution in [-0.4, -0.2) is 29.9 Å². The van der Waals surface area contributed by atoms with Crippen LogP contribution in [0.1, 0.15) is 22.3 Å². The van der Waals surface area contributed by atoms with Gasteiger partial charge in [0.15, 0.2) is 0 Å². The zero-order valence-electron chi connectivity index (χ0n) is 17.7. The molecule has 0 bridgehead atoms. The van der Waals surface area contributed by atoms with E-state index in [4.69, 9.17) is 5.73 Å². The predicted octanol–water partition coefficient (Wildman–Crippen LogP) is 5.22. The molecule has 0 spiro atoms. The molecule has 4 heteroatoms. The van der Waals surface area contributed by atoms with Crippen LogP contribution in [0.4, 0.5) is 0 Å². The van der Waals surface area contributed by atoms with Crippen LogP contribution in [0.2, 0.25) is 0 Å². The van der Waals surface area contributed by atoms with Crippen molar-refractivity contribution < 1.29 is 4.79 Å². The van der Waals surface area contributed by atoms with E-state index in [1.807, 2.05) is 59.5 Å². The van der Waals surface area contributed by atoms with Crippen LogP contribution in [0.15, 0.2) is 84.9 Å². The third-order valence-corrected chi connectivity index (χ3v) is 6.16. The number of amides is 1. The number of carbonyl (C=O) groups is 1. The van der Waals surface area contributed by atoms with Crippen LogP contribution < -0.4 is 5.73 Å². The molecule has 1 aliphatic heterocycles. The molecule has 1 heterocycles. The van der Waals surface area contributed by atoms with E-state index in [1.54, 1.807) is 0 Å². The number of nitrogens with zero attached hydrogens (tertiary/aromatic N) is 2. The number of nitrogens with two attached hydrogens (primary N) is 1. The second kappa shape index (κ2) is 8.30. The highest BCUT2D eigenvalue weighted by molar-refractivity contribution is 5.99. The molecule has 156 valence electrons. The molecule has 1 fully saturated rings. The van der Waals surface area contributed by atoms with Gasteiger partial charge in [0, 0.05) is 24.7 Å². The van der Waals surface area contributed by atoms with Crippen molar-refractivity contribution in [3.05, 3.63) is 96.1 Å². The van der Waals surface area contributed by atoms with Gasteiger partial charge >= 0.3 is 0 Å². The van der Waals surface area contributed by atoms with Gasteiger partial charge in [-0.3, -0.25) is 4.79 Å². The summed E-state index contributed by atoms with van der Waals surface area (Å²) in [5.41, 5.74) is 11.4. The van der Waals surface area contributed by atoms with E-state index in [-0.39, 0.29) is 11.9 Å². The van der Waals surface area contributed by atoms with Crippen molar-refractivity contribution in [3.63, 3.8) is 0 Å². The summed E-state index contributed by atoms with van der Waals surface area (Å²) >= 11 is 0. The number of benzene rings is 4. The highest BCUT2D eigenvalue weighted by Gasteiger charge is 2.25. The molecule has 0 unspecified atom stereocenters. The Balaban J connectivity index is 1.63. The van der Waals surface area contributed by atoms with Crippen molar-refractivity contribution in [1.82, 2.24) is 4.90 Å². The summed E-state index contributed by atoms with van der Waals surface area (Å²) in [6, 6.07) is 30.3. The monoisotopic (exact) mass is 417 g/mol. The number of fused-ring (bicyclic) bond motifs is 1. The molecular weight excluding hydrogens is 394 g/mol. The number of carbonyl (C=O) groups excluding carboxylic acids is 1. The van der Waals surface area contributed by atoms with E-state index < -0.39 is 0 Å². The Kier molecular flexibility index (Phi) is 5.18. The molecule has 0 aromatic heterocycles. The summed E-state index contributed by atoms with van der Waals surface area (Å²) < 4.78 is 0. The van der Waals surface area contributed by atoms with E-state index in [0.29, 0.717) is 24.2 Å². The molecule has 1 aliphatic rings. The van der Waals surface area contributed by atoms with Gasteiger partial charge in [-0.15, -0.1) is 0 Å². The minimum absolute atomic E-state index is 0.0120. The number of nitriles is 1. The molecule has 0 aliphatic carbocycles. The molecule has 2 N–H and O–H groups in total. The maximum atomic E-state index is 13.1. The Morgan fingerprint density at radius 1 is 0.875 bits per heavy atom. The molecular formula is C28H23N3O. The lowest BCUT2D eigenvalue weighted by Crippen LogP contribution is -2.31. The van der Waals surface area contributed by atoms with Gasteiger partial charge in [0.05, 0.1) is 11.6 Å². The summed E-state index contributed by atoms with van der Waals surface area (Å²) in [6.45, 7) is 1.29.